The lowest BCUT2D eigenvalue weighted by atomic mass is 10.0. The lowest BCUT2D eigenvalue weighted by Crippen LogP contribution is -2.19. The molecular weight excluding hydrogens is 246 g/mol. The number of hydrogen-bond donors (Lipinski definition) is 0. The highest BCUT2D eigenvalue weighted by Crippen LogP contribution is 2.31. The molecule has 0 N–H and O–H groups in total. The zero-order valence-corrected chi connectivity index (χ0v) is 11.5. The summed E-state index contributed by atoms with van der Waals surface area (Å²) in [6, 6.07) is 18.5. The van der Waals surface area contributed by atoms with Gasteiger partial charge in [-0.05, 0) is 23.3 Å². The van der Waals surface area contributed by atoms with E-state index in [1.54, 1.807) is 7.11 Å². The Hall–Kier alpha value is -2.48. The van der Waals surface area contributed by atoms with Gasteiger partial charge in [0.05, 0.1) is 12.8 Å². The minimum Gasteiger partial charge on any atom is -0.495 e. The molecule has 1 aliphatic rings. The lowest BCUT2D eigenvalue weighted by molar-refractivity contribution is 0.415. The predicted octanol–water partition coefficient (Wildman–Crippen LogP) is 4.11. The average Bonchev–Trinajstić information content (AvgIpc) is 2.56. The molecule has 0 amide bonds. The van der Waals surface area contributed by atoms with Crippen LogP contribution in [0.25, 0.3) is 5.57 Å². The van der Waals surface area contributed by atoms with E-state index in [0.29, 0.717) is 0 Å². The van der Waals surface area contributed by atoms with Crippen molar-refractivity contribution in [1.82, 2.24) is 0 Å². The number of ether oxygens (including phenoxy) is 1. The normalized spacial score (nSPS) is 14.1. The van der Waals surface area contributed by atoms with Crippen LogP contribution in [0.3, 0.4) is 0 Å². The third-order valence-corrected chi connectivity index (χ3v) is 3.40. The Bertz CT molecular complexity index is 643. The molecule has 0 unspecified atom stereocenters. The van der Waals surface area contributed by atoms with Crippen LogP contribution < -0.4 is 9.64 Å². The zero-order valence-electron chi connectivity index (χ0n) is 11.5. The van der Waals surface area contributed by atoms with Crippen LogP contribution in [-0.4, -0.2) is 13.7 Å². The summed E-state index contributed by atoms with van der Waals surface area (Å²) in [7, 11) is 1.71. The van der Waals surface area contributed by atoms with Crippen molar-refractivity contribution < 1.29 is 4.74 Å². The molecule has 20 heavy (non-hydrogen) atoms. The van der Waals surface area contributed by atoms with E-state index < -0.39 is 0 Å². The van der Waals surface area contributed by atoms with Gasteiger partial charge in [-0.3, -0.25) is 0 Å². The number of methoxy groups -OCH3 is 1. The molecule has 0 saturated heterocycles. The van der Waals surface area contributed by atoms with Crippen LogP contribution in [0.2, 0.25) is 0 Å². The van der Waals surface area contributed by atoms with Crippen molar-refractivity contribution >= 4 is 11.3 Å². The van der Waals surface area contributed by atoms with Gasteiger partial charge in [0.25, 0.3) is 0 Å². The molecular formula is C18H17NO. The van der Waals surface area contributed by atoms with Crippen LogP contribution in [0.5, 0.6) is 5.75 Å². The fourth-order valence-electron chi connectivity index (χ4n) is 2.39. The maximum Gasteiger partial charge on any atom is 0.142 e. The maximum atomic E-state index is 5.44. The quantitative estimate of drug-likeness (QED) is 0.826. The number of benzene rings is 2. The van der Waals surface area contributed by atoms with E-state index in [1.807, 2.05) is 24.3 Å². The van der Waals surface area contributed by atoms with Crippen molar-refractivity contribution in [2.24, 2.45) is 0 Å². The molecule has 2 aromatic rings. The summed E-state index contributed by atoms with van der Waals surface area (Å²) >= 11 is 0. The summed E-state index contributed by atoms with van der Waals surface area (Å²) in [5.74, 6) is 0.895. The molecule has 0 fully saturated rings. The second kappa shape index (κ2) is 5.66. The van der Waals surface area contributed by atoms with Gasteiger partial charge >= 0.3 is 0 Å². The van der Waals surface area contributed by atoms with Crippen LogP contribution >= 0.6 is 0 Å². The van der Waals surface area contributed by atoms with Crippen molar-refractivity contribution in [3.8, 4) is 5.75 Å². The summed E-state index contributed by atoms with van der Waals surface area (Å²) in [6.07, 6.45) is 6.52. The van der Waals surface area contributed by atoms with E-state index in [-0.39, 0.29) is 0 Å². The van der Waals surface area contributed by atoms with E-state index in [1.165, 1.54) is 11.1 Å². The lowest BCUT2D eigenvalue weighted by Gasteiger charge is -2.25. The summed E-state index contributed by atoms with van der Waals surface area (Å²) in [5, 5.41) is 0. The van der Waals surface area contributed by atoms with Gasteiger partial charge in [-0.15, -0.1) is 0 Å². The number of anilines is 1. The molecule has 2 nitrogen and oxygen atoms in total. The van der Waals surface area contributed by atoms with Crippen molar-refractivity contribution in [1.29, 1.82) is 0 Å². The molecule has 1 heterocycles. The summed E-state index contributed by atoms with van der Waals surface area (Å²) in [4.78, 5) is 2.21. The highest BCUT2D eigenvalue weighted by atomic mass is 16.5. The number of allylic oxidation sites excluding steroid dienone is 2. The Balaban J connectivity index is 1.96. The van der Waals surface area contributed by atoms with Crippen molar-refractivity contribution in [3.05, 3.63) is 78.5 Å². The first-order valence-corrected chi connectivity index (χ1v) is 6.72. The number of para-hydroxylation sites is 2. The molecule has 2 aromatic carbocycles. The van der Waals surface area contributed by atoms with E-state index in [0.717, 1.165) is 18.0 Å². The highest BCUT2D eigenvalue weighted by molar-refractivity contribution is 5.79. The average molecular weight is 263 g/mol. The first kappa shape index (κ1) is 12.5. The van der Waals surface area contributed by atoms with Crippen molar-refractivity contribution in [2.75, 3.05) is 18.6 Å². The van der Waals surface area contributed by atoms with Gasteiger partial charge < -0.3 is 9.64 Å². The minimum absolute atomic E-state index is 0.858. The Morgan fingerprint density at radius 3 is 2.50 bits per heavy atom. The topological polar surface area (TPSA) is 12.5 Å². The molecule has 0 spiro atoms. The SMILES string of the molecule is COc1ccccc1N1C=C(c2ccccc2)C=CC1. The van der Waals surface area contributed by atoms with Crippen LogP contribution in [0.15, 0.2) is 72.9 Å². The second-order valence-electron chi connectivity index (χ2n) is 4.68. The van der Waals surface area contributed by atoms with Crippen LogP contribution in [0.4, 0.5) is 5.69 Å². The molecule has 2 heteroatoms. The molecule has 1 aliphatic heterocycles. The van der Waals surface area contributed by atoms with Crippen LogP contribution in [-0.2, 0) is 0 Å². The van der Waals surface area contributed by atoms with Crippen LogP contribution in [0, 0.1) is 0 Å². The molecule has 3 rings (SSSR count). The Morgan fingerprint density at radius 1 is 0.950 bits per heavy atom. The molecule has 0 radical (unpaired) electrons. The molecule has 0 saturated carbocycles. The fraction of sp³-hybridized carbons (Fsp3) is 0.111. The standard InChI is InChI=1S/C18H17NO/c1-20-18-12-6-5-11-17(18)19-13-7-10-16(14-19)15-8-3-2-4-9-15/h2-12,14H,13H2,1H3. The first-order chi connectivity index (χ1) is 9.88. The molecule has 0 aliphatic carbocycles. The van der Waals surface area contributed by atoms with E-state index >= 15 is 0 Å². The first-order valence-electron chi connectivity index (χ1n) is 6.72. The number of nitrogens with zero attached hydrogens (tertiary/aromatic N) is 1. The third kappa shape index (κ3) is 2.45. The highest BCUT2D eigenvalue weighted by Gasteiger charge is 2.12. The number of rotatable bonds is 3. The van der Waals surface area contributed by atoms with Gasteiger partial charge in [-0.1, -0.05) is 54.6 Å². The van der Waals surface area contributed by atoms with Gasteiger partial charge in [0.1, 0.15) is 5.75 Å². The van der Waals surface area contributed by atoms with Gasteiger partial charge in [-0.25, -0.2) is 0 Å². The third-order valence-electron chi connectivity index (χ3n) is 3.40. The maximum absolute atomic E-state index is 5.44. The van der Waals surface area contributed by atoms with E-state index in [2.05, 4.69) is 53.6 Å². The molecule has 0 bridgehead atoms. The second-order valence-corrected chi connectivity index (χ2v) is 4.68. The Labute approximate surface area is 119 Å². The van der Waals surface area contributed by atoms with Crippen LogP contribution in [0.1, 0.15) is 5.56 Å². The van der Waals surface area contributed by atoms with Gasteiger partial charge in [0, 0.05) is 12.7 Å². The van der Waals surface area contributed by atoms with E-state index in [9.17, 15) is 0 Å². The molecule has 0 atom stereocenters. The van der Waals surface area contributed by atoms with Crippen molar-refractivity contribution in [3.63, 3.8) is 0 Å². The van der Waals surface area contributed by atoms with Gasteiger partial charge in [0.15, 0.2) is 0 Å². The summed E-state index contributed by atoms with van der Waals surface area (Å²) in [5.41, 5.74) is 3.53. The fourth-order valence-corrected chi connectivity index (χ4v) is 2.39. The predicted molar refractivity (Wildman–Crippen MR) is 83.9 cm³/mol. The van der Waals surface area contributed by atoms with E-state index in [4.69, 9.17) is 4.74 Å². The smallest absolute Gasteiger partial charge is 0.142 e. The zero-order chi connectivity index (χ0) is 13.8. The van der Waals surface area contributed by atoms with Crippen molar-refractivity contribution in [2.45, 2.75) is 0 Å². The summed E-state index contributed by atoms with van der Waals surface area (Å²) < 4.78 is 5.44. The minimum atomic E-state index is 0.858. The molecule has 100 valence electrons. The molecule has 0 aromatic heterocycles. The van der Waals surface area contributed by atoms with Gasteiger partial charge in [-0.2, -0.15) is 0 Å². The van der Waals surface area contributed by atoms with Gasteiger partial charge in [0.2, 0.25) is 0 Å². The Kier molecular flexibility index (Phi) is 3.55. The summed E-state index contributed by atoms with van der Waals surface area (Å²) in [6.45, 7) is 0.858. The largest absolute Gasteiger partial charge is 0.495 e. The monoisotopic (exact) mass is 263 g/mol. The number of hydrogen-bond acceptors (Lipinski definition) is 2. The Morgan fingerprint density at radius 2 is 1.70 bits per heavy atom.